The van der Waals surface area contributed by atoms with E-state index in [0.29, 0.717) is 11.6 Å². The Bertz CT molecular complexity index is 391. The Labute approximate surface area is 111 Å². The van der Waals surface area contributed by atoms with E-state index in [0.717, 1.165) is 10.9 Å². The first-order valence-electron chi connectivity index (χ1n) is 6.29. The molecule has 0 radical (unpaired) electrons. The molecule has 0 bridgehead atoms. The molecule has 0 amide bonds. The van der Waals surface area contributed by atoms with Gasteiger partial charge < -0.3 is 0 Å². The van der Waals surface area contributed by atoms with Crippen LogP contribution in [0.1, 0.15) is 60.4 Å². The lowest BCUT2D eigenvalue weighted by atomic mass is 9.80. The normalized spacial score (nSPS) is 24.8. The lowest BCUT2D eigenvalue weighted by Crippen LogP contribution is -2.13. The van der Waals surface area contributed by atoms with Crippen molar-refractivity contribution in [3.8, 4) is 0 Å². The van der Waals surface area contributed by atoms with E-state index >= 15 is 0 Å². The average molecular weight is 272 g/mol. The van der Waals surface area contributed by atoms with Gasteiger partial charge in [-0.15, -0.1) is 22.9 Å². The number of thiazole rings is 1. The van der Waals surface area contributed by atoms with Crippen LogP contribution in [0.4, 0.5) is 0 Å². The molecule has 0 aliphatic heterocycles. The molecule has 1 aromatic rings. The molecule has 0 spiro atoms. The fourth-order valence-corrected chi connectivity index (χ4v) is 3.67. The van der Waals surface area contributed by atoms with Crippen LogP contribution >= 0.6 is 22.9 Å². The maximum Gasteiger partial charge on any atom is 0.196 e. The Morgan fingerprint density at radius 2 is 2.41 bits per heavy atom. The van der Waals surface area contributed by atoms with Crippen molar-refractivity contribution >= 4 is 28.7 Å². The SMILES string of the molecule is CCC1CCCC(c2nc(C(=O)CCl)cs2)C1. The summed E-state index contributed by atoms with van der Waals surface area (Å²) in [5, 5.41) is 2.99. The minimum absolute atomic E-state index is 0.0332. The molecule has 0 saturated heterocycles. The van der Waals surface area contributed by atoms with Crippen LogP contribution in [0.5, 0.6) is 0 Å². The second-order valence-electron chi connectivity index (χ2n) is 4.77. The monoisotopic (exact) mass is 271 g/mol. The third kappa shape index (κ3) is 3.08. The highest BCUT2D eigenvalue weighted by molar-refractivity contribution is 7.10. The Balaban J connectivity index is 2.06. The fraction of sp³-hybridized carbons (Fsp3) is 0.692. The summed E-state index contributed by atoms with van der Waals surface area (Å²) in [5.41, 5.74) is 0.554. The van der Waals surface area contributed by atoms with E-state index in [2.05, 4.69) is 11.9 Å². The summed E-state index contributed by atoms with van der Waals surface area (Å²) >= 11 is 7.16. The van der Waals surface area contributed by atoms with E-state index in [1.807, 2.05) is 5.38 Å². The molecule has 17 heavy (non-hydrogen) atoms. The fourth-order valence-electron chi connectivity index (χ4n) is 2.56. The number of Topliss-reactive ketones (excluding diaryl/α,β-unsaturated/α-hetero) is 1. The number of ketones is 1. The summed E-state index contributed by atoms with van der Waals surface area (Å²) in [5.74, 6) is 1.38. The zero-order chi connectivity index (χ0) is 12.3. The predicted molar refractivity (Wildman–Crippen MR) is 72.2 cm³/mol. The highest BCUT2D eigenvalue weighted by Crippen LogP contribution is 2.38. The van der Waals surface area contributed by atoms with E-state index in [1.54, 1.807) is 11.3 Å². The number of alkyl halides is 1. The Morgan fingerprint density at radius 1 is 1.59 bits per heavy atom. The second-order valence-corrected chi connectivity index (χ2v) is 5.92. The minimum Gasteiger partial charge on any atom is -0.291 e. The number of hydrogen-bond donors (Lipinski definition) is 0. The zero-order valence-corrected chi connectivity index (χ0v) is 11.7. The standard InChI is InChI=1S/C13H18ClNOS/c1-2-9-4-3-5-10(6-9)13-15-11(8-17-13)12(16)7-14/h8-10H,2-7H2,1H3. The van der Waals surface area contributed by atoms with Crippen molar-refractivity contribution in [2.45, 2.75) is 44.9 Å². The van der Waals surface area contributed by atoms with Gasteiger partial charge in [0.1, 0.15) is 5.69 Å². The molecular formula is C13H18ClNOS. The average Bonchev–Trinajstić information content (AvgIpc) is 2.87. The highest BCUT2D eigenvalue weighted by Gasteiger charge is 2.24. The van der Waals surface area contributed by atoms with Crippen molar-refractivity contribution in [1.29, 1.82) is 0 Å². The van der Waals surface area contributed by atoms with Gasteiger partial charge in [0.2, 0.25) is 0 Å². The molecule has 2 rings (SSSR count). The highest BCUT2D eigenvalue weighted by atomic mass is 35.5. The summed E-state index contributed by atoms with van der Waals surface area (Å²) in [6, 6.07) is 0. The minimum atomic E-state index is -0.0583. The van der Waals surface area contributed by atoms with Gasteiger partial charge in [-0.05, 0) is 18.8 Å². The molecule has 1 fully saturated rings. The maximum absolute atomic E-state index is 11.4. The van der Waals surface area contributed by atoms with E-state index in [4.69, 9.17) is 11.6 Å². The van der Waals surface area contributed by atoms with Gasteiger partial charge in [-0.25, -0.2) is 4.98 Å². The summed E-state index contributed by atoms with van der Waals surface area (Å²) in [6.45, 7) is 2.26. The van der Waals surface area contributed by atoms with Gasteiger partial charge in [-0.1, -0.05) is 26.2 Å². The Morgan fingerprint density at radius 3 is 3.12 bits per heavy atom. The number of halogens is 1. The van der Waals surface area contributed by atoms with E-state index < -0.39 is 0 Å². The van der Waals surface area contributed by atoms with Crippen molar-refractivity contribution in [3.63, 3.8) is 0 Å². The van der Waals surface area contributed by atoms with Crippen molar-refractivity contribution in [3.05, 3.63) is 16.1 Å². The van der Waals surface area contributed by atoms with Crippen LogP contribution in [0.3, 0.4) is 0 Å². The van der Waals surface area contributed by atoms with Crippen LogP contribution in [0.25, 0.3) is 0 Å². The third-order valence-corrected chi connectivity index (χ3v) is 4.89. The summed E-state index contributed by atoms with van der Waals surface area (Å²) in [6.07, 6.45) is 6.36. The van der Waals surface area contributed by atoms with Crippen molar-refractivity contribution in [2.75, 3.05) is 5.88 Å². The number of carbonyl (C=O) groups excluding carboxylic acids is 1. The van der Waals surface area contributed by atoms with Gasteiger partial charge in [-0.3, -0.25) is 4.79 Å². The predicted octanol–water partition coefficient (Wildman–Crippen LogP) is 4.25. The van der Waals surface area contributed by atoms with Gasteiger partial charge in [0.25, 0.3) is 0 Å². The molecule has 1 aliphatic rings. The molecule has 1 aliphatic carbocycles. The van der Waals surface area contributed by atoms with Crippen LogP contribution in [0.15, 0.2) is 5.38 Å². The van der Waals surface area contributed by atoms with Gasteiger partial charge in [0.05, 0.1) is 10.9 Å². The zero-order valence-electron chi connectivity index (χ0n) is 10.1. The first-order valence-corrected chi connectivity index (χ1v) is 7.70. The molecule has 1 saturated carbocycles. The number of hydrogen-bond acceptors (Lipinski definition) is 3. The molecule has 1 heterocycles. The van der Waals surface area contributed by atoms with E-state index in [9.17, 15) is 4.79 Å². The lowest BCUT2D eigenvalue weighted by Gasteiger charge is -2.26. The summed E-state index contributed by atoms with van der Waals surface area (Å²) in [7, 11) is 0. The van der Waals surface area contributed by atoms with Crippen molar-refractivity contribution in [1.82, 2.24) is 4.98 Å². The molecule has 4 heteroatoms. The smallest absolute Gasteiger partial charge is 0.196 e. The van der Waals surface area contributed by atoms with Gasteiger partial charge in [0, 0.05) is 11.3 Å². The first-order chi connectivity index (χ1) is 8.24. The van der Waals surface area contributed by atoms with Crippen molar-refractivity contribution in [2.24, 2.45) is 5.92 Å². The Kier molecular flexibility index (Phi) is 4.57. The van der Waals surface area contributed by atoms with Crippen LogP contribution in [0, 0.1) is 5.92 Å². The molecule has 2 atom stereocenters. The van der Waals surface area contributed by atoms with Gasteiger partial charge >= 0.3 is 0 Å². The second kappa shape index (κ2) is 5.96. The number of rotatable bonds is 4. The number of carbonyl (C=O) groups is 1. The van der Waals surface area contributed by atoms with E-state index in [-0.39, 0.29) is 11.7 Å². The van der Waals surface area contributed by atoms with E-state index in [1.165, 1.54) is 32.1 Å². The number of aromatic nitrogens is 1. The van der Waals surface area contributed by atoms with Crippen molar-refractivity contribution < 1.29 is 4.79 Å². The quantitative estimate of drug-likeness (QED) is 0.605. The molecule has 1 aromatic heterocycles. The van der Waals surface area contributed by atoms with Crippen LogP contribution < -0.4 is 0 Å². The molecule has 0 N–H and O–H groups in total. The van der Waals surface area contributed by atoms with Crippen LogP contribution in [0.2, 0.25) is 0 Å². The summed E-state index contributed by atoms with van der Waals surface area (Å²) < 4.78 is 0. The molecule has 0 aromatic carbocycles. The lowest BCUT2D eigenvalue weighted by molar-refractivity contribution is 0.101. The third-order valence-electron chi connectivity index (χ3n) is 3.64. The first kappa shape index (κ1) is 13.0. The Hall–Kier alpha value is -0.410. The summed E-state index contributed by atoms with van der Waals surface area (Å²) in [4.78, 5) is 15.9. The molecule has 94 valence electrons. The molecular weight excluding hydrogens is 254 g/mol. The topological polar surface area (TPSA) is 30.0 Å². The van der Waals surface area contributed by atoms with Crippen LogP contribution in [-0.4, -0.2) is 16.6 Å². The van der Waals surface area contributed by atoms with Gasteiger partial charge in [0.15, 0.2) is 5.78 Å². The molecule has 2 nitrogen and oxygen atoms in total. The number of nitrogens with zero attached hydrogens (tertiary/aromatic N) is 1. The largest absolute Gasteiger partial charge is 0.291 e. The molecule has 2 unspecified atom stereocenters. The van der Waals surface area contributed by atoms with Crippen LogP contribution in [-0.2, 0) is 0 Å². The maximum atomic E-state index is 11.4. The van der Waals surface area contributed by atoms with Gasteiger partial charge in [-0.2, -0.15) is 0 Å².